The molecule has 4 atom stereocenters. The van der Waals surface area contributed by atoms with Crippen LogP contribution in [0.5, 0.6) is 6.01 Å². The van der Waals surface area contributed by atoms with Gasteiger partial charge in [0, 0.05) is 114 Å². The fourth-order valence-electron chi connectivity index (χ4n) is 11.9. The molecule has 5 fully saturated rings. The van der Waals surface area contributed by atoms with Gasteiger partial charge in [-0.15, -0.1) is 11.3 Å². The molecule has 11 rings (SSSR count). The van der Waals surface area contributed by atoms with Crippen molar-refractivity contribution >= 4 is 52.2 Å². The van der Waals surface area contributed by atoms with Crippen LogP contribution in [0.3, 0.4) is 0 Å². The largest absolute Gasteiger partial charge is 0.460 e. The van der Waals surface area contributed by atoms with Crippen molar-refractivity contribution in [3.8, 4) is 33.5 Å². The van der Waals surface area contributed by atoms with Gasteiger partial charge in [0.1, 0.15) is 24.0 Å². The zero-order valence-corrected chi connectivity index (χ0v) is 50.2. The number of thiazole rings is 1. The van der Waals surface area contributed by atoms with Crippen molar-refractivity contribution in [2.45, 2.75) is 128 Å². The third kappa shape index (κ3) is 14.1. The Hall–Kier alpha value is -7.49. The maximum absolute atomic E-state index is 14.8. The molecule has 21 heteroatoms. The highest BCUT2D eigenvalue weighted by molar-refractivity contribution is 7.13. The molecule has 3 aromatic heterocycles. The first-order valence-corrected chi connectivity index (χ1v) is 31.0. The van der Waals surface area contributed by atoms with E-state index in [-0.39, 0.29) is 37.8 Å². The molecular formula is C64H79FN12O7S. The molecule has 1 aliphatic carbocycles. The average molecular weight is 1180 g/mol. The van der Waals surface area contributed by atoms with E-state index >= 15 is 0 Å². The van der Waals surface area contributed by atoms with Crippen molar-refractivity contribution in [1.29, 1.82) is 0 Å². The van der Waals surface area contributed by atoms with E-state index in [1.165, 1.54) is 10.5 Å². The van der Waals surface area contributed by atoms with Crippen LogP contribution in [-0.4, -0.2) is 165 Å². The molecule has 0 bridgehead atoms. The lowest BCUT2D eigenvalue weighted by Gasteiger charge is -2.37. The highest BCUT2D eigenvalue weighted by atomic mass is 32.1. The molecule has 1 saturated carbocycles. The number of unbranched alkanes of at least 4 members (excludes halogenated alkanes) is 1. The fraction of sp³-hybridized carbons (Fsp3) is 0.500. The first kappa shape index (κ1) is 59.2. The van der Waals surface area contributed by atoms with E-state index in [0.717, 1.165) is 102 Å². The van der Waals surface area contributed by atoms with E-state index in [9.17, 15) is 28.7 Å². The van der Waals surface area contributed by atoms with Crippen molar-refractivity contribution in [3.05, 3.63) is 113 Å². The molecule has 4 amide bonds. The van der Waals surface area contributed by atoms with Crippen molar-refractivity contribution in [3.63, 3.8) is 0 Å². The van der Waals surface area contributed by atoms with Gasteiger partial charge < -0.3 is 49.7 Å². The number of aliphatic hydroxyl groups excluding tert-OH is 1. The minimum Gasteiger partial charge on any atom is -0.460 e. The van der Waals surface area contributed by atoms with E-state index < -0.39 is 53.0 Å². The average Bonchev–Trinajstić information content (AvgIpc) is 3.31. The number of anilines is 3. The van der Waals surface area contributed by atoms with E-state index in [0.29, 0.717) is 63.8 Å². The number of halogens is 1. The van der Waals surface area contributed by atoms with Crippen LogP contribution in [0.15, 0.2) is 96.6 Å². The number of hydrogen-bond donors (Lipinski definition) is 3. The van der Waals surface area contributed by atoms with Crippen molar-refractivity contribution in [1.82, 2.24) is 45.2 Å². The monoisotopic (exact) mass is 1180 g/mol. The van der Waals surface area contributed by atoms with Gasteiger partial charge in [-0.05, 0) is 92.5 Å². The van der Waals surface area contributed by atoms with Gasteiger partial charge in [-0.25, -0.2) is 14.1 Å². The second-order valence-corrected chi connectivity index (χ2v) is 25.4. The Balaban J connectivity index is 0.660. The molecule has 450 valence electrons. The van der Waals surface area contributed by atoms with Gasteiger partial charge in [-0.3, -0.25) is 19.2 Å². The number of carbonyl (C=O) groups is 4. The minimum atomic E-state index is -1.99. The first-order chi connectivity index (χ1) is 40.9. The number of nitrogens with one attached hydrogen (secondary N) is 2. The topological polar surface area (TPSA) is 204 Å². The summed E-state index contributed by atoms with van der Waals surface area (Å²) >= 11 is 1.56. The number of hydrogen-bond acceptors (Lipinski definition) is 15. The molecule has 3 aromatic carbocycles. The van der Waals surface area contributed by atoms with E-state index in [4.69, 9.17) is 24.5 Å². The molecule has 3 N–H and O–H groups in total. The molecule has 5 aliphatic rings. The molecule has 6 aromatic rings. The normalized spacial score (nSPS) is 19.8. The number of aromatic nitrogens is 5. The Morgan fingerprint density at radius 1 is 0.812 bits per heavy atom. The van der Waals surface area contributed by atoms with Gasteiger partial charge in [-0.1, -0.05) is 75.2 Å². The fourth-order valence-corrected chi connectivity index (χ4v) is 12.8. The van der Waals surface area contributed by atoms with Crippen LogP contribution >= 0.6 is 11.3 Å². The van der Waals surface area contributed by atoms with Crippen molar-refractivity contribution in [2.75, 3.05) is 86.8 Å². The number of carbonyl (C=O) groups excluding carboxylic acids is 4. The van der Waals surface area contributed by atoms with Crippen LogP contribution in [-0.2, 0) is 23.9 Å². The van der Waals surface area contributed by atoms with Gasteiger partial charge in [0.2, 0.25) is 17.7 Å². The standard InChI is InChI=1S/C64H79FN12O7S/c1-42-9-8-10-46(37-42)52-23-28-77(71-52)55-39-54(74-33-35-83-36-34-74)68-62(69-55)84-50-21-26-72(27-22-50)47-17-19-48(20-18-47)73-29-31-75(32-30-73)56(79)12-7-6-11-51(44-13-15-45(16-14-44)57-43(2)66-41-85-57)67-59(80)53-38-49(78)40-76(53)60(81)58(63(3,4)5)70-61(82)64(65)24-25-64/h8-10,13-20,23,28,37,39,41,49-51,53,58,78H,6-7,11-12,21-22,24-27,29-36,38,40H2,1-5H3,(H,67,80)(H,70,82)/t49-,51+,53+,58-/m1/s1. The summed E-state index contributed by atoms with van der Waals surface area (Å²) in [6.45, 7) is 16.4. The maximum atomic E-state index is 14.8. The quantitative estimate of drug-likeness (QED) is 0.0658. The third-order valence-electron chi connectivity index (χ3n) is 17.2. The summed E-state index contributed by atoms with van der Waals surface area (Å²) in [5, 5.41) is 21.6. The summed E-state index contributed by atoms with van der Waals surface area (Å²) in [4.78, 5) is 80.6. The molecule has 7 heterocycles. The second-order valence-electron chi connectivity index (χ2n) is 24.5. The molecule has 0 unspecified atom stereocenters. The zero-order chi connectivity index (χ0) is 59.4. The zero-order valence-electron chi connectivity index (χ0n) is 49.4. The molecule has 0 spiro atoms. The highest BCUT2D eigenvalue weighted by Crippen LogP contribution is 2.41. The number of aryl methyl sites for hydroxylation is 2. The molecule has 0 radical (unpaired) electrons. The number of likely N-dealkylation sites (tertiary alicyclic amines) is 1. The second kappa shape index (κ2) is 25.6. The molecule has 85 heavy (non-hydrogen) atoms. The molecule has 4 saturated heterocycles. The van der Waals surface area contributed by atoms with Crippen LogP contribution in [0.4, 0.5) is 21.6 Å². The summed E-state index contributed by atoms with van der Waals surface area (Å²) in [5.74, 6) is -0.247. The molecule has 19 nitrogen and oxygen atoms in total. The van der Waals surface area contributed by atoms with E-state index in [1.54, 1.807) is 36.8 Å². The smallest absolute Gasteiger partial charge is 0.320 e. The number of β-amino-alcohol motifs (C(OH)–C–C–N with tert-alkyl or cyclic N) is 1. The Bertz CT molecular complexity index is 3310. The van der Waals surface area contributed by atoms with Crippen LogP contribution < -0.4 is 30.1 Å². The number of piperidine rings is 1. The number of amides is 4. The van der Waals surface area contributed by atoms with Crippen LogP contribution in [0.2, 0.25) is 0 Å². The van der Waals surface area contributed by atoms with Gasteiger partial charge in [0.15, 0.2) is 11.5 Å². The summed E-state index contributed by atoms with van der Waals surface area (Å²) in [7, 11) is 0. The Labute approximate surface area is 500 Å². The number of benzene rings is 3. The number of piperazine rings is 1. The molecule has 4 aliphatic heterocycles. The summed E-state index contributed by atoms with van der Waals surface area (Å²) < 4.78 is 28.8. The summed E-state index contributed by atoms with van der Waals surface area (Å²) in [5.41, 5.74) is 7.20. The van der Waals surface area contributed by atoms with Crippen LogP contribution in [0.25, 0.3) is 27.5 Å². The lowest BCUT2D eigenvalue weighted by Crippen LogP contribution is -2.59. The Kier molecular flexibility index (Phi) is 17.9. The van der Waals surface area contributed by atoms with E-state index in [1.807, 2.05) is 66.0 Å². The SMILES string of the molecule is Cc1cccc(-c2ccn(-c3cc(N4CCOCC4)nc(OC4CCN(c5ccc(N6CCN(C(=O)CCCC[C@H](NC(=O)[C@@H]7C[C@@H](O)CN7C(=O)[C@@H](NC(=O)C7(F)CC7)C(C)(C)C)c7ccc(-c8scnc8C)cc7)CC6)cc5)CC4)n3)n2)c1. The van der Waals surface area contributed by atoms with Crippen molar-refractivity contribution < 1.29 is 38.1 Å². The third-order valence-corrected chi connectivity index (χ3v) is 18.2. The van der Waals surface area contributed by atoms with Gasteiger partial charge in [-0.2, -0.15) is 15.1 Å². The Morgan fingerprint density at radius 3 is 2.16 bits per heavy atom. The number of rotatable bonds is 19. The van der Waals surface area contributed by atoms with Crippen LogP contribution in [0.1, 0.15) is 101 Å². The molecular weight excluding hydrogens is 1100 g/mol. The van der Waals surface area contributed by atoms with Crippen molar-refractivity contribution in [2.24, 2.45) is 5.41 Å². The van der Waals surface area contributed by atoms with Gasteiger partial charge in [0.05, 0.1) is 47.1 Å². The number of nitrogens with zero attached hydrogens (tertiary/aromatic N) is 10. The minimum absolute atomic E-state index is 0.0197. The number of aliphatic hydroxyl groups is 1. The first-order valence-electron chi connectivity index (χ1n) is 30.1. The van der Waals surface area contributed by atoms with E-state index in [2.05, 4.69) is 79.7 Å². The predicted molar refractivity (Wildman–Crippen MR) is 326 cm³/mol. The van der Waals surface area contributed by atoms with Gasteiger partial charge in [0.25, 0.3) is 5.91 Å². The lowest BCUT2D eigenvalue weighted by atomic mass is 9.85. The number of morpholine rings is 1. The Morgan fingerprint density at radius 2 is 1.51 bits per heavy atom. The predicted octanol–water partition coefficient (Wildman–Crippen LogP) is 8.02. The number of ether oxygens (including phenoxy) is 2. The number of alkyl halides is 1. The summed E-state index contributed by atoms with van der Waals surface area (Å²) in [6, 6.07) is 26.8. The highest BCUT2D eigenvalue weighted by Gasteiger charge is 2.53. The maximum Gasteiger partial charge on any atom is 0.320 e. The van der Waals surface area contributed by atoms with Gasteiger partial charge >= 0.3 is 6.01 Å². The van der Waals surface area contributed by atoms with Crippen LogP contribution in [0, 0.1) is 19.3 Å². The summed E-state index contributed by atoms with van der Waals surface area (Å²) in [6.07, 6.45) is 4.94. The lowest BCUT2D eigenvalue weighted by molar-refractivity contribution is -0.145.